The van der Waals surface area contributed by atoms with Crippen molar-refractivity contribution in [3.63, 3.8) is 0 Å². The van der Waals surface area contributed by atoms with E-state index in [1.54, 1.807) is 12.2 Å². The summed E-state index contributed by atoms with van der Waals surface area (Å²) in [6, 6.07) is 0. The number of hydrogen-bond acceptors (Lipinski definition) is 1. The van der Waals surface area contributed by atoms with Crippen molar-refractivity contribution in [3.05, 3.63) is 36.0 Å². The topological polar surface area (TPSA) is 29.1 Å². The second-order valence-electron chi connectivity index (χ2n) is 2.31. The summed E-state index contributed by atoms with van der Waals surface area (Å²) in [7, 11) is 0. The van der Waals surface area contributed by atoms with Gasteiger partial charge >= 0.3 is 0 Å². The molecule has 1 saturated heterocycles. The van der Waals surface area contributed by atoms with E-state index in [1.165, 1.54) is 0 Å². The van der Waals surface area contributed by atoms with E-state index in [0.29, 0.717) is 6.54 Å². The zero-order valence-corrected chi connectivity index (χ0v) is 10.6. The van der Waals surface area contributed by atoms with Crippen molar-refractivity contribution in [2.75, 3.05) is 6.54 Å². The van der Waals surface area contributed by atoms with Gasteiger partial charge < -0.3 is 5.32 Å². The fraction of sp³-hybridized carbons (Fsp3) is 0.462. The van der Waals surface area contributed by atoms with Crippen LogP contribution in [0, 0.1) is 0 Å². The molecule has 0 aliphatic carbocycles. The zero-order valence-electron chi connectivity index (χ0n) is 10.6. The van der Waals surface area contributed by atoms with Crippen molar-refractivity contribution in [2.45, 2.75) is 34.6 Å². The van der Waals surface area contributed by atoms with Gasteiger partial charge in [0.2, 0.25) is 0 Å². The number of carbonyl (C=O) groups is 1. The molecule has 1 aliphatic rings. The highest BCUT2D eigenvalue weighted by Crippen LogP contribution is 2.14. The third kappa shape index (κ3) is 5.21. The minimum atomic E-state index is -0.00185. The molecule has 0 aromatic carbocycles. The molecule has 1 aliphatic heterocycles. The first-order valence-electron chi connectivity index (χ1n) is 5.56. The summed E-state index contributed by atoms with van der Waals surface area (Å²) < 4.78 is 0. The van der Waals surface area contributed by atoms with Gasteiger partial charge in [0.15, 0.2) is 0 Å². The Hall–Kier alpha value is -1.31. The molecular weight excluding hydrogens is 186 g/mol. The third-order valence-electron chi connectivity index (χ3n) is 1.66. The predicted octanol–water partition coefficient (Wildman–Crippen LogP) is 3.23. The summed E-state index contributed by atoms with van der Waals surface area (Å²) in [5, 5.41) is 2.73. The van der Waals surface area contributed by atoms with E-state index in [1.807, 2.05) is 40.7 Å². The SMILES string of the molecule is C=C/C=C1/C(=O)NC/C1=C/C.CC.CC. The zero-order chi connectivity index (χ0) is 12.3. The van der Waals surface area contributed by atoms with Crippen LogP contribution in [0.15, 0.2) is 36.0 Å². The average Bonchev–Trinajstić information content (AvgIpc) is 2.66. The minimum Gasteiger partial charge on any atom is -0.348 e. The summed E-state index contributed by atoms with van der Waals surface area (Å²) in [4.78, 5) is 11.1. The summed E-state index contributed by atoms with van der Waals surface area (Å²) in [6.07, 6.45) is 5.30. The smallest absolute Gasteiger partial charge is 0.251 e. The second-order valence-corrected chi connectivity index (χ2v) is 2.31. The van der Waals surface area contributed by atoms with Gasteiger partial charge in [-0.05, 0) is 18.6 Å². The molecule has 0 aromatic rings. The Morgan fingerprint density at radius 1 is 1.27 bits per heavy atom. The van der Waals surface area contributed by atoms with E-state index >= 15 is 0 Å². The number of carbonyl (C=O) groups excluding carboxylic acids is 1. The van der Waals surface area contributed by atoms with Gasteiger partial charge in [0, 0.05) is 12.1 Å². The Bertz CT molecular complexity index is 249. The van der Waals surface area contributed by atoms with Gasteiger partial charge in [-0.2, -0.15) is 0 Å². The Labute approximate surface area is 93.8 Å². The molecule has 15 heavy (non-hydrogen) atoms. The van der Waals surface area contributed by atoms with Crippen LogP contribution in [0.2, 0.25) is 0 Å². The van der Waals surface area contributed by atoms with E-state index in [4.69, 9.17) is 0 Å². The maximum Gasteiger partial charge on any atom is 0.251 e. The molecular formula is C13H23NO. The van der Waals surface area contributed by atoms with Crippen LogP contribution in [0.25, 0.3) is 0 Å². The van der Waals surface area contributed by atoms with Gasteiger partial charge in [-0.15, -0.1) is 0 Å². The molecule has 0 spiro atoms. The predicted molar refractivity (Wildman–Crippen MR) is 67.7 cm³/mol. The van der Waals surface area contributed by atoms with Crippen molar-refractivity contribution in [1.29, 1.82) is 0 Å². The van der Waals surface area contributed by atoms with Crippen LogP contribution in [0.4, 0.5) is 0 Å². The van der Waals surface area contributed by atoms with Gasteiger partial charge in [-0.3, -0.25) is 4.79 Å². The van der Waals surface area contributed by atoms with E-state index < -0.39 is 0 Å². The molecule has 0 bridgehead atoms. The Morgan fingerprint density at radius 3 is 2.20 bits per heavy atom. The van der Waals surface area contributed by atoms with Crippen LogP contribution in [-0.4, -0.2) is 12.5 Å². The van der Waals surface area contributed by atoms with Crippen molar-refractivity contribution in [1.82, 2.24) is 5.32 Å². The van der Waals surface area contributed by atoms with Gasteiger partial charge in [0.1, 0.15) is 0 Å². The van der Waals surface area contributed by atoms with Crippen molar-refractivity contribution >= 4 is 5.91 Å². The average molecular weight is 209 g/mol. The molecule has 0 radical (unpaired) electrons. The fourth-order valence-corrected chi connectivity index (χ4v) is 1.07. The van der Waals surface area contributed by atoms with E-state index in [-0.39, 0.29) is 5.91 Å². The number of allylic oxidation sites excluding steroid dienone is 3. The molecule has 0 saturated carbocycles. The maximum atomic E-state index is 11.1. The van der Waals surface area contributed by atoms with Crippen LogP contribution in [-0.2, 0) is 4.79 Å². The van der Waals surface area contributed by atoms with Crippen molar-refractivity contribution in [3.8, 4) is 0 Å². The van der Waals surface area contributed by atoms with Gasteiger partial charge in [0.25, 0.3) is 5.91 Å². The summed E-state index contributed by atoms with van der Waals surface area (Å²) >= 11 is 0. The highest BCUT2D eigenvalue weighted by Gasteiger charge is 2.19. The first-order chi connectivity index (χ1) is 7.29. The van der Waals surface area contributed by atoms with Gasteiger partial charge in [-0.25, -0.2) is 0 Å². The molecule has 2 nitrogen and oxygen atoms in total. The van der Waals surface area contributed by atoms with Crippen LogP contribution < -0.4 is 5.32 Å². The molecule has 0 aromatic heterocycles. The second kappa shape index (κ2) is 10.8. The molecule has 2 heteroatoms. The number of nitrogens with one attached hydrogen (secondary N) is 1. The van der Waals surface area contributed by atoms with E-state index in [0.717, 1.165) is 11.1 Å². The van der Waals surface area contributed by atoms with Gasteiger partial charge in [0.05, 0.1) is 0 Å². The van der Waals surface area contributed by atoms with Crippen LogP contribution in [0.5, 0.6) is 0 Å². The summed E-state index contributed by atoms with van der Waals surface area (Å²) in [5.74, 6) is -0.00185. The largest absolute Gasteiger partial charge is 0.348 e. The number of rotatable bonds is 1. The Balaban J connectivity index is 0. The standard InChI is InChI=1S/C9H11NO.2C2H6/c1-3-5-8-7(4-2)6-10-9(8)11;2*1-2/h3-5H,1,6H2,2H3,(H,10,11);2*1-2H3/b7-4-,8-5+;;. The summed E-state index contributed by atoms with van der Waals surface area (Å²) in [6.45, 7) is 14.1. The molecule has 1 rings (SSSR count). The van der Waals surface area contributed by atoms with Gasteiger partial charge in [-0.1, -0.05) is 46.4 Å². The minimum absolute atomic E-state index is 0.00185. The monoisotopic (exact) mass is 209 g/mol. The molecule has 0 unspecified atom stereocenters. The third-order valence-corrected chi connectivity index (χ3v) is 1.66. The first-order valence-corrected chi connectivity index (χ1v) is 5.56. The van der Waals surface area contributed by atoms with E-state index in [2.05, 4.69) is 11.9 Å². The van der Waals surface area contributed by atoms with Crippen LogP contribution in [0.1, 0.15) is 34.6 Å². The van der Waals surface area contributed by atoms with E-state index in [9.17, 15) is 4.79 Å². The van der Waals surface area contributed by atoms with Crippen molar-refractivity contribution in [2.24, 2.45) is 0 Å². The lowest BCUT2D eigenvalue weighted by atomic mass is 10.1. The fourth-order valence-electron chi connectivity index (χ4n) is 1.07. The quantitative estimate of drug-likeness (QED) is 0.660. The molecule has 0 atom stereocenters. The normalized spacial score (nSPS) is 18.6. The molecule has 1 heterocycles. The Morgan fingerprint density at radius 2 is 1.80 bits per heavy atom. The summed E-state index contributed by atoms with van der Waals surface area (Å²) in [5.41, 5.74) is 1.79. The maximum absolute atomic E-state index is 11.1. The first kappa shape index (κ1) is 16.1. The number of hydrogen-bond donors (Lipinski definition) is 1. The highest BCUT2D eigenvalue weighted by atomic mass is 16.2. The lowest BCUT2D eigenvalue weighted by molar-refractivity contribution is -0.116. The molecule has 1 amide bonds. The highest BCUT2D eigenvalue weighted by molar-refractivity contribution is 6.01. The molecule has 86 valence electrons. The van der Waals surface area contributed by atoms with Crippen LogP contribution in [0.3, 0.4) is 0 Å². The Kier molecular flexibility index (Phi) is 11.6. The molecule has 1 N–H and O–H groups in total. The lowest BCUT2D eigenvalue weighted by Crippen LogP contribution is -2.13. The van der Waals surface area contributed by atoms with Crippen LogP contribution >= 0.6 is 0 Å². The van der Waals surface area contributed by atoms with Crippen molar-refractivity contribution < 1.29 is 4.79 Å². The molecule has 1 fully saturated rings. The number of amides is 1. The lowest BCUT2D eigenvalue weighted by Gasteiger charge is -1.91.